The molecule has 2 heterocycles. The molecule has 1 N–H and O–H groups in total. The van der Waals surface area contributed by atoms with E-state index in [0.29, 0.717) is 12.1 Å². The highest BCUT2D eigenvalue weighted by Crippen LogP contribution is 2.17. The van der Waals surface area contributed by atoms with E-state index in [1.165, 1.54) is 6.07 Å². The summed E-state index contributed by atoms with van der Waals surface area (Å²) in [5.74, 6) is -0.426. The molecule has 4 heteroatoms. The zero-order valence-electron chi connectivity index (χ0n) is 10.5. The van der Waals surface area contributed by atoms with Gasteiger partial charge in [-0.05, 0) is 38.8 Å². The van der Waals surface area contributed by atoms with Gasteiger partial charge in [0.2, 0.25) is 5.95 Å². The second kappa shape index (κ2) is 5.45. The fourth-order valence-corrected chi connectivity index (χ4v) is 2.26. The van der Waals surface area contributed by atoms with E-state index in [0.717, 1.165) is 31.6 Å². The highest BCUT2D eigenvalue weighted by Gasteiger charge is 2.20. The van der Waals surface area contributed by atoms with Crippen molar-refractivity contribution >= 4 is 5.69 Å². The van der Waals surface area contributed by atoms with Crippen LogP contribution in [0.1, 0.15) is 26.7 Å². The largest absolute Gasteiger partial charge is 0.381 e. The van der Waals surface area contributed by atoms with Gasteiger partial charge in [-0.25, -0.2) is 4.98 Å². The van der Waals surface area contributed by atoms with Gasteiger partial charge >= 0.3 is 0 Å². The summed E-state index contributed by atoms with van der Waals surface area (Å²) >= 11 is 0. The van der Waals surface area contributed by atoms with Crippen LogP contribution in [0.4, 0.5) is 10.1 Å². The van der Waals surface area contributed by atoms with Gasteiger partial charge in [0.05, 0.1) is 11.9 Å². The zero-order chi connectivity index (χ0) is 12.3. The smallest absolute Gasteiger partial charge is 0.212 e. The topological polar surface area (TPSA) is 28.2 Å². The first kappa shape index (κ1) is 12.3. The number of hydrogen-bond donors (Lipinski definition) is 1. The van der Waals surface area contributed by atoms with Gasteiger partial charge < -0.3 is 10.2 Å². The van der Waals surface area contributed by atoms with Gasteiger partial charge in [-0.1, -0.05) is 0 Å². The summed E-state index contributed by atoms with van der Waals surface area (Å²) in [7, 11) is 0. The van der Waals surface area contributed by atoms with Crippen LogP contribution in [0, 0.1) is 5.95 Å². The number of nitrogens with zero attached hydrogens (tertiary/aromatic N) is 2. The fraction of sp³-hybridized carbons (Fsp3) is 0.615. The molecule has 1 fully saturated rings. The number of rotatable bonds is 3. The zero-order valence-corrected chi connectivity index (χ0v) is 10.5. The van der Waals surface area contributed by atoms with Crippen molar-refractivity contribution in [1.29, 1.82) is 0 Å². The predicted molar refractivity (Wildman–Crippen MR) is 67.5 cm³/mol. The number of likely N-dealkylation sites (tertiary alicyclic amines) is 1. The number of anilines is 1. The summed E-state index contributed by atoms with van der Waals surface area (Å²) in [5.41, 5.74) is 0.911. The second-order valence-electron chi connectivity index (χ2n) is 4.92. The first-order valence-corrected chi connectivity index (χ1v) is 6.27. The highest BCUT2D eigenvalue weighted by molar-refractivity contribution is 5.41. The Kier molecular flexibility index (Phi) is 3.94. The van der Waals surface area contributed by atoms with Crippen LogP contribution < -0.4 is 5.32 Å². The van der Waals surface area contributed by atoms with E-state index in [9.17, 15) is 4.39 Å². The summed E-state index contributed by atoms with van der Waals surface area (Å²) < 4.78 is 12.7. The first-order valence-electron chi connectivity index (χ1n) is 6.27. The summed E-state index contributed by atoms with van der Waals surface area (Å²) in [6.45, 7) is 6.73. The second-order valence-corrected chi connectivity index (χ2v) is 4.92. The molecule has 1 aliphatic rings. The Bertz CT molecular complexity index is 342. The predicted octanol–water partition coefficient (Wildman–Crippen LogP) is 2.51. The number of hydrogen-bond acceptors (Lipinski definition) is 3. The van der Waals surface area contributed by atoms with E-state index < -0.39 is 5.95 Å². The maximum atomic E-state index is 12.7. The molecule has 1 aliphatic heterocycles. The van der Waals surface area contributed by atoms with Gasteiger partial charge in [-0.2, -0.15) is 4.39 Å². The normalized spacial score (nSPS) is 18.6. The van der Waals surface area contributed by atoms with Crippen molar-refractivity contribution in [2.24, 2.45) is 0 Å². The van der Waals surface area contributed by atoms with Crippen LogP contribution in [-0.2, 0) is 0 Å². The molecular formula is C13H20FN3. The van der Waals surface area contributed by atoms with Gasteiger partial charge in [-0.15, -0.1) is 0 Å². The molecule has 17 heavy (non-hydrogen) atoms. The van der Waals surface area contributed by atoms with Crippen molar-refractivity contribution in [1.82, 2.24) is 9.88 Å². The number of nitrogens with one attached hydrogen (secondary N) is 1. The van der Waals surface area contributed by atoms with E-state index in [1.54, 1.807) is 12.3 Å². The number of piperidine rings is 1. The molecular weight excluding hydrogens is 217 g/mol. The Morgan fingerprint density at radius 3 is 2.59 bits per heavy atom. The molecule has 0 bridgehead atoms. The van der Waals surface area contributed by atoms with Crippen LogP contribution in [0.25, 0.3) is 0 Å². The van der Waals surface area contributed by atoms with Crippen molar-refractivity contribution in [2.45, 2.75) is 38.8 Å². The molecule has 0 unspecified atom stereocenters. The Morgan fingerprint density at radius 2 is 2.06 bits per heavy atom. The van der Waals surface area contributed by atoms with Crippen LogP contribution in [0.15, 0.2) is 18.3 Å². The maximum absolute atomic E-state index is 12.7. The molecule has 0 amide bonds. The van der Waals surface area contributed by atoms with Crippen molar-refractivity contribution in [3.63, 3.8) is 0 Å². The maximum Gasteiger partial charge on any atom is 0.212 e. The molecule has 1 saturated heterocycles. The molecule has 3 nitrogen and oxygen atoms in total. The summed E-state index contributed by atoms with van der Waals surface area (Å²) in [4.78, 5) is 6.14. The molecule has 0 aliphatic carbocycles. The van der Waals surface area contributed by atoms with E-state index in [-0.39, 0.29) is 0 Å². The molecule has 0 radical (unpaired) electrons. The molecule has 0 atom stereocenters. The quantitative estimate of drug-likeness (QED) is 0.819. The average Bonchev–Trinajstić information content (AvgIpc) is 2.33. The molecule has 2 rings (SSSR count). The monoisotopic (exact) mass is 237 g/mol. The highest BCUT2D eigenvalue weighted by atomic mass is 19.1. The van der Waals surface area contributed by atoms with Gasteiger partial charge in [0, 0.05) is 25.2 Å². The first-order chi connectivity index (χ1) is 8.15. The third-order valence-electron chi connectivity index (χ3n) is 3.36. The fourth-order valence-electron chi connectivity index (χ4n) is 2.26. The molecule has 0 aromatic carbocycles. The standard InChI is InChI=1S/C13H20FN3/c1-10(2)17-7-5-11(6-8-17)16-12-3-4-13(14)15-9-12/h3-4,9-11,16H,5-8H2,1-2H3. The average molecular weight is 237 g/mol. The molecule has 94 valence electrons. The van der Waals surface area contributed by atoms with E-state index in [4.69, 9.17) is 0 Å². The molecule has 0 spiro atoms. The molecule has 0 saturated carbocycles. The SMILES string of the molecule is CC(C)N1CCC(Nc2ccc(F)nc2)CC1. The van der Waals surface area contributed by atoms with Gasteiger partial charge in [0.25, 0.3) is 0 Å². The van der Waals surface area contributed by atoms with E-state index in [2.05, 4.69) is 29.0 Å². The summed E-state index contributed by atoms with van der Waals surface area (Å²) in [6.07, 6.45) is 3.83. The number of halogens is 1. The van der Waals surface area contributed by atoms with Crippen molar-refractivity contribution in [2.75, 3.05) is 18.4 Å². The van der Waals surface area contributed by atoms with E-state index >= 15 is 0 Å². The lowest BCUT2D eigenvalue weighted by Crippen LogP contribution is -2.42. The Balaban J connectivity index is 1.84. The Labute approximate surface area is 102 Å². The van der Waals surface area contributed by atoms with Gasteiger partial charge in [0.1, 0.15) is 0 Å². The van der Waals surface area contributed by atoms with Crippen LogP contribution in [0.3, 0.4) is 0 Å². The number of aromatic nitrogens is 1. The third-order valence-corrected chi connectivity index (χ3v) is 3.36. The van der Waals surface area contributed by atoms with E-state index in [1.807, 2.05) is 0 Å². The lowest BCUT2D eigenvalue weighted by atomic mass is 10.0. The third kappa shape index (κ3) is 3.40. The van der Waals surface area contributed by atoms with Crippen LogP contribution in [0.2, 0.25) is 0 Å². The van der Waals surface area contributed by atoms with Gasteiger partial charge in [-0.3, -0.25) is 0 Å². The molecule has 1 aromatic rings. The lowest BCUT2D eigenvalue weighted by Gasteiger charge is -2.35. The molecule has 1 aromatic heterocycles. The van der Waals surface area contributed by atoms with Crippen molar-refractivity contribution < 1.29 is 4.39 Å². The summed E-state index contributed by atoms with van der Waals surface area (Å²) in [5, 5.41) is 3.41. The van der Waals surface area contributed by atoms with Gasteiger partial charge in [0.15, 0.2) is 0 Å². The minimum absolute atomic E-state index is 0.426. The van der Waals surface area contributed by atoms with Crippen LogP contribution in [-0.4, -0.2) is 35.1 Å². The van der Waals surface area contributed by atoms with Crippen LogP contribution in [0.5, 0.6) is 0 Å². The summed E-state index contributed by atoms with van der Waals surface area (Å²) in [6, 6.07) is 4.25. The van der Waals surface area contributed by atoms with Crippen LogP contribution >= 0.6 is 0 Å². The van der Waals surface area contributed by atoms with Crippen molar-refractivity contribution in [3.8, 4) is 0 Å². The number of pyridine rings is 1. The lowest BCUT2D eigenvalue weighted by molar-refractivity contribution is 0.177. The van der Waals surface area contributed by atoms with Crippen molar-refractivity contribution in [3.05, 3.63) is 24.3 Å². The Hall–Kier alpha value is -1.16. The Morgan fingerprint density at radius 1 is 1.35 bits per heavy atom. The minimum atomic E-state index is -0.426. The minimum Gasteiger partial charge on any atom is -0.381 e.